The minimum atomic E-state index is -0.310. The van der Waals surface area contributed by atoms with Gasteiger partial charge < -0.3 is 15.5 Å². The Labute approximate surface area is 152 Å². The number of benzene rings is 1. The monoisotopic (exact) mass is 353 g/mol. The molecule has 1 aliphatic heterocycles. The number of hydrogen-bond acceptors (Lipinski definition) is 5. The SMILES string of the molecule is O=C(Nc1ccccc1)c1ccc(NCCC(=O)N2CCCCC2)nn1. The van der Waals surface area contributed by atoms with Crippen LogP contribution in [0.5, 0.6) is 0 Å². The van der Waals surface area contributed by atoms with Crippen LogP contribution in [0, 0.1) is 0 Å². The number of amides is 2. The minimum Gasteiger partial charge on any atom is -0.368 e. The summed E-state index contributed by atoms with van der Waals surface area (Å²) in [6.07, 6.45) is 3.83. The normalized spacial score (nSPS) is 13.9. The fourth-order valence-electron chi connectivity index (χ4n) is 2.86. The van der Waals surface area contributed by atoms with Crippen molar-refractivity contribution in [2.24, 2.45) is 0 Å². The third kappa shape index (κ3) is 5.02. The number of nitrogens with one attached hydrogen (secondary N) is 2. The number of piperidine rings is 1. The average molecular weight is 353 g/mol. The minimum absolute atomic E-state index is 0.170. The molecule has 0 aliphatic carbocycles. The van der Waals surface area contributed by atoms with Crippen LogP contribution >= 0.6 is 0 Å². The molecule has 1 fully saturated rings. The molecule has 0 spiro atoms. The van der Waals surface area contributed by atoms with Crippen molar-refractivity contribution < 1.29 is 9.59 Å². The molecule has 0 bridgehead atoms. The molecular weight excluding hydrogens is 330 g/mol. The lowest BCUT2D eigenvalue weighted by Gasteiger charge is -2.26. The molecule has 2 aromatic rings. The van der Waals surface area contributed by atoms with E-state index in [4.69, 9.17) is 0 Å². The molecular formula is C19H23N5O2. The van der Waals surface area contributed by atoms with Gasteiger partial charge in [0.1, 0.15) is 5.82 Å². The Bertz CT molecular complexity index is 727. The Morgan fingerprint density at radius 1 is 0.962 bits per heavy atom. The van der Waals surface area contributed by atoms with Gasteiger partial charge in [0.2, 0.25) is 5.91 Å². The largest absolute Gasteiger partial charge is 0.368 e. The summed E-state index contributed by atoms with van der Waals surface area (Å²) in [5.41, 5.74) is 0.946. The van der Waals surface area contributed by atoms with Crippen molar-refractivity contribution in [1.29, 1.82) is 0 Å². The molecule has 2 amide bonds. The molecule has 2 N–H and O–H groups in total. The molecule has 2 heterocycles. The number of carbonyl (C=O) groups excluding carboxylic acids is 2. The van der Waals surface area contributed by atoms with Crippen LogP contribution in [-0.4, -0.2) is 46.5 Å². The van der Waals surface area contributed by atoms with Crippen molar-refractivity contribution >= 4 is 23.3 Å². The van der Waals surface area contributed by atoms with E-state index in [1.807, 2.05) is 23.1 Å². The fraction of sp³-hybridized carbons (Fsp3) is 0.368. The van der Waals surface area contributed by atoms with Crippen LogP contribution in [0.2, 0.25) is 0 Å². The van der Waals surface area contributed by atoms with Gasteiger partial charge in [-0.15, -0.1) is 10.2 Å². The summed E-state index contributed by atoms with van der Waals surface area (Å²) in [5.74, 6) is 0.409. The number of anilines is 2. The summed E-state index contributed by atoms with van der Waals surface area (Å²) in [7, 11) is 0. The van der Waals surface area contributed by atoms with E-state index in [0.717, 1.165) is 25.9 Å². The van der Waals surface area contributed by atoms with Crippen LogP contribution in [0.25, 0.3) is 0 Å². The number of likely N-dealkylation sites (tertiary alicyclic amines) is 1. The average Bonchev–Trinajstić information content (AvgIpc) is 2.70. The highest BCUT2D eigenvalue weighted by Gasteiger charge is 2.15. The maximum absolute atomic E-state index is 12.1. The van der Waals surface area contributed by atoms with Crippen LogP contribution < -0.4 is 10.6 Å². The molecule has 0 radical (unpaired) electrons. The quantitative estimate of drug-likeness (QED) is 0.833. The van der Waals surface area contributed by atoms with E-state index in [2.05, 4.69) is 20.8 Å². The van der Waals surface area contributed by atoms with E-state index in [1.54, 1.807) is 24.3 Å². The van der Waals surface area contributed by atoms with Crippen molar-refractivity contribution in [2.45, 2.75) is 25.7 Å². The van der Waals surface area contributed by atoms with Gasteiger partial charge in [0, 0.05) is 31.7 Å². The van der Waals surface area contributed by atoms with E-state index in [-0.39, 0.29) is 17.5 Å². The lowest BCUT2D eigenvalue weighted by molar-refractivity contribution is -0.131. The molecule has 136 valence electrons. The summed E-state index contributed by atoms with van der Waals surface area (Å²) < 4.78 is 0. The summed E-state index contributed by atoms with van der Waals surface area (Å²) in [4.78, 5) is 26.1. The second-order valence-electron chi connectivity index (χ2n) is 6.24. The van der Waals surface area contributed by atoms with E-state index in [9.17, 15) is 9.59 Å². The first-order valence-electron chi connectivity index (χ1n) is 8.94. The first-order chi connectivity index (χ1) is 12.7. The van der Waals surface area contributed by atoms with Crippen molar-refractivity contribution in [2.75, 3.05) is 30.3 Å². The number of carbonyl (C=O) groups is 2. The molecule has 1 aromatic heterocycles. The molecule has 0 saturated carbocycles. The van der Waals surface area contributed by atoms with Gasteiger partial charge in [-0.2, -0.15) is 0 Å². The van der Waals surface area contributed by atoms with E-state index >= 15 is 0 Å². The van der Waals surface area contributed by atoms with Crippen LogP contribution in [-0.2, 0) is 4.79 Å². The molecule has 1 aromatic carbocycles. The first kappa shape index (κ1) is 17.8. The smallest absolute Gasteiger partial charge is 0.276 e. The molecule has 3 rings (SSSR count). The fourth-order valence-corrected chi connectivity index (χ4v) is 2.86. The summed E-state index contributed by atoms with van der Waals surface area (Å²) in [6, 6.07) is 12.5. The van der Waals surface area contributed by atoms with Crippen molar-refractivity contribution in [1.82, 2.24) is 15.1 Å². The van der Waals surface area contributed by atoms with Crippen LogP contribution in [0.1, 0.15) is 36.2 Å². The van der Waals surface area contributed by atoms with E-state index < -0.39 is 0 Å². The lowest BCUT2D eigenvalue weighted by atomic mass is 10.1. The van der Waals surface area contributed by atoms with E-state index in [0.29, 0.717) is 24.5 Å². The zero-order chi connectivity index (χ0) is 18.2. The van der Waals surface area contributed by atoms with Crippen molar-refractivity contribution in [3.8, 4) is 0 Å². The highest BCUT2D eigenvalue weighted by molar-refractivity contribution is 6.02. The first-order valence-corrected chi connectivity index (χ1v) is 8.94. The second kappa shape index (κ2) is 8.94. The van der Waals surface area contributed by atoms with Gasteiger partial charge in [0.15, 0.2) is 5.69 Å². The predicted octanol–water partition coefficient (Wildman–Crippen LogP) is 2.54. The van der Waals surface area contributed by atoms with Crippen molar-refractivity contribution in [3.63, 3.8) is 0 Å². The van der Waals surface area contributed by atoms with Gasteiger partial charge >= 0.3 is 0 Å². The van der Waals surface area contributed by atoms with E-state index in [1.165, 1.54) is 6.42 Å². The summed E-state index contributed by atoms with van der Waals surface area (Å²) >= 11 is 0. The molecule has 26 heavy (non-hydrogen) atoms. The Balaban J connectivity index is 1.45. The number of hydrogen-bond donors (Lipinski definition) is 2. The van der Waals surface area contributed by atoms with Crippen molar-refractivity contribution in [3.05, 3.63) is 48.2 Å². The molecule has 7 heteroatoms. The maximum Gasteiger partial charge on any atom is 0.276 e. The topological polar surface area (TPSA) is 87.2 Å². The second-order valence-corrected chi connectivity index (χ2v) is 6.24. The Kier molecular flexibility index (Phi) is 6.14. The maximum atomic E-state index is 12.1. The number of nitrogens with zero attached hydrogens (tertiary/aromatic N) is 3. The highest BCUT2D eigenvalue weighted by atomic mass is 16.2. The van der Waals surface area contributed by atoms with Gasteiger partial charge in [-0.05, 0) is 43.5 Å². The predicted molar refractivity (Wildman–Crippen MR) is 100.0 cm³/mol. The van der Waals surface area contributed by atoms with Gasteiger partial charge in [0.05, 0.1) is 0 Å². The lowest BCUT2D eigenvalue weighted by Crippen LogP contribution is -2.36. The summed E-state index contributed by atoms with van der Waals surface area (Å²) in [5, 5.41) is 13.8. The Morgan fingerprint density at radius 2 is 1.73 bits per heavy atom. The molecule has 0 atom stereocenters. The molecule has 1 aliphatic rings. The number of para-hydroxylation sites is 1. The van der Waals surface area contributed by atoms with Gasteiger partial charge in [-0.3, -0.25) is 9.59 Å². The number of aromatic nitrogens is 2. The highest BCUT2D eigenvalue weighted by Crippen LogP contribution is 2.11. The van der Waals surface area contributed by atoms with Crippen LogP contribution in [0.15, 0.2) is 42.5 Å². The third-order valence-electron chi connectivity index (χ3n) is 4.28. The number of rotatable bonds is 6. The third-order valence-corrected chi connectivity index (χ3v) is 4.28. The summed E-state index contributed by atoms with van der Waals surface area (Å²) in [6.45, 7) is 2.23. The van der Waals surface area contributed by atoms with Crippen LogP contribution in [0.3, 0.4) is 0 Å². The van der Waals surface area contributed by atoms with Gasteiger partial charge in [-0.1, -0.05) is 18.2 Å². The molecule has 1 saturated heterocycles. The zero-order valence-corrected chi connectivity index (χ0v) is 14.6. The molecule has 7 nitrogen and oxygen atoms in total. The standard InChI is InChI=1S/C19H23N5O2/c25-18(24-13-5-2-6-14-24)11-12-20-17-10-9-16(22-23-17)19(26)21-15-7-3-1-4-8-15/h1,3-4,7-10H,2,5-6,11-14H2,(H,20,23)(H,21,26). The van der Waals surface area contributed by atoms with Crippen LogP contribution in [0.4, 0.5) is 11.5 Å². The van der Waals surface area contributed by atoms with Gasteiger partial charge in [-0.25, -0.2) is 0 Å². The molecule has 0 unspecified atom stereocenters. The van der Waals surface area contributed by atoms with Gasteiger partial charge in [0.25, 0.3) is 5.91 Å². The Hall–Kier alpha value is -2.96. The Morgan fingerprint density at radius 3 is 2.42 bits per heavy atom. The zero-order valence-electron chi connectivity index (χ0n) is 14.6.